The van der Waals surface area contributed by atoms with Crippen LogP contribution in [0.3, 0.4) is 0 Å². The van der Waals surface area contributed by atoms with Gasteiger partial charge < -0.3 is 15.8 Å². The lowest BCUT2D eigenvalue weighted by molar-refractivity contribution is 0.480. The molecule has 0 saturated heterocycles. The predicted molar refractivity (Wildman–Crippen MR) is 57.1 cm³/mol. The highest BCUT2D eigenvalue weighted by Crippen LogP contribution is 2.26. The van der Waals surface area contributed by atoms with Crippen LogP contribution in [-0.2, 0) is 0 Å². The molecule has 4 N–H and O–H groups in total. The van der Waals surface area contributed by atoms with Crippen LogP contribution in [0.1, 0.15) is 11.7 Å². The Morgan fingerprint density at radius 3 is 2.93 bits per heavy atom. The van der Waals surface area contributed by atoms with Gasteiger partial charge in [0, 0.05) is 11.1 Å². The Morgan fingerprint density at radius 2 is 2.29 bits per heavy atom. The number of phenolic OH excluding ortho intramolecular Hbond substituents is 1. The number of nitrogens with two attached hydrogens (primary N) is 1. The molecular weight excluding hydrogens is 176 g/mol. The second-order valence-electron chi connectivity index (χ2n) is 3.23. The first-order chi connectivity index (χ1) is 6.72. The molecule has 3 nitrogen and oxygen atoms in total. The number of aromatic nitrogens is 1. The summed E-state index contributed by atoms with van der Waals surface area (Å²) in [4.78, 5) is 3.07. The summed E-state index contributed by atoms with van der Waals surface area (Å²) in [6.07, 6.45) is 1.65. The van der Waals surface area contributed by atoms with Crippen LogP contribution in [0.5, 0.6) is 5.75 Å². The maximum atomic E-state index is 9.54. The Morgan fingerprint density at radius 1 is 1.50 bits per heavy atom. The summed E-state index contributed by atoms with van der Waals surface area (Å²) in [5.41, 5.74) is 7.36. The van der Waals surface area contributed by atoms with Crippen molar-refractivity contribution in [2.45, 2.75) is 6.04 Å². The highest BCUT2D eigenvalue weighted by atomic mass is 16.3. The standard InChI is InChI=1S/C11H12N2O/c1-2-8(12)9-6-7-4-3-5-10(14)11(7)13-9/h2-6,8,13-14H,1,12H2/t8-/m1/s1. The highest BCUT2D eigenvalue weighted by molar-refractivity contribution is 5.85. The average molecular weight is 188 g/mol. The molecule has 0 bridgehead atoms. The van der Waals surface area contributed by atoms with Gasteiger partial charge in [-0.2, -0.15) is 0 Å². The lowest BCUT2D eigenvalue weighted by atomic mass is 10.2. The fourth-order valence-electron chi connectivity index (χ4n) is 1.47. The second-order valence-corrected chi connectivity index (χ2v) is 3.23. The van der Waals surface area contributed by atoms with Crippen LogP contribution in [0.2, 0.25) is 0 Å². The van der Waals surface area contributed by atoms with Gasteiger partial charge >= 0.3 is 0 Å². The van der Waals surface area contributed by atoms with Crippen molar-refractivity contribution >= 4 is 10.9 Å². The molecule has 0 radical (unpaired) electrons. The summed E-state index contributed by atoms with van der Waals surface area (Å²) in [5.74, 6) is 0.241. The zero-order valence-electron chi connectivity index (χ0n) is 7.70. The SMILES string of the molecule is C=C[C@@H](N)c1cc2cccc(O)c2[nH]1. The molecule has 0 aliphatic heterocycles. The number of aromatic amines is 1. The normalized spacial score (nSPS) is 12.9. The molecule has 72 valence electrons. The quantitative estimate of drug-likeness (QED) is 0.632. The Hall–Kier alpha value is -1.74. The van der Waals surface area contributed by atoms with Crippen LogP contribution in [0.25, 0.3) is 10.9 Å². The number of hydrogen-bond acceptors (Lipinski definition) is 2. The summed E-state index contributed by atoms with van der Waals surface area (Å²) >= 11 is 0. The van der Waals surface area contributed by atoms with Gasteiger partial charge in [0.1, 0.15) is 5.75 Å². The van der Waals surface area contributed by atoms with E-state index in [2.05, 4.69) is 11.6 Å². The number of fused-ring (bicyclic) bond motifs is 1. The van der Waals surface area contributed by atoms with Crippen molar-refractivity contribution in [3.05, 3.63) is 42.6 Å². The van der Waals surface area contributed by atoms with Crippen LogP contribution < -0.4 is 5.73 Å². The topological polar surface area (TPSA) is 62.0 Å². The van der Waals surface area contributed by atoms with E-state index in [1.54, 1.807) is 18.2 Å². The zero-order valence-corrected chi connectivity index (χ0v) is 7.70. The minimum atomic E-state index is -0.221. The van der Waals surface area contributed by atoms with Gasteiger partial charge in [0.15, 0.2) is 0 Å². The van der Waals surface area contributed by atoms with E-state index in [1.807, 2.05) is 12.1 Å². The van der Waals surface area contributed by atoms with E-state index in [4.69, 9.17) is 5.73 Å². The summed E-state index contributed by atoms with van der Waals surface area (Å²) < 4.78 is 0. The molecule has 2 aromatic rings. The molecule has 1 atom stereocenters. The molecule has 0 saturated carbocycles. The van der Waals surface area contributed by atoms with Crippen molar-refractivity contribution in [1.29, 1.82) is 0 Å². The number of H-pyrrole nitrogens is 1. The van der Waals surface area contributed by atoms with Gasteiger partial charge in [0.05, 0.1) is 11.6 Å². The van der Waals surface area contributed by atoms with Gasteiger partial charge in [-0.3, -0.25) is 0 Å². The summed E-state index contributed by atoms with van der Waals surface area (Å²) in [6, 6.07) is 7.06. The van der Waals surface area contributed by atoms with E-state index in [0.29, 0.717) is 0 Å². The van der Waals surface area contributed by atoms with Gasteiger partial charge in [-0.1, -0.05) is 18.2 Å². The lowest BCUT2D eigenvalue weighted by Crippen LogP contribution is -2.06. The number of para-hydroxylation sites is 1. The Labute approximate surface area is 81.9 Å². The van der Waals surface area contributed by atoms with E-state index in [9.17, 15) is 5.11 Å². The number of aromatic hydroxyl groups is 1. The lowest BCUT2D eigenvalue weighted by Gasteiger charge is -2.00. The van der Waals surface area contributed by atoms with E-state index in [0.717, 1.165) is 16.6 Å². The largest absolute Gasteiger partial charge is 0.506 e. The second kappa shape index (κ2) is 3.20. The molecule has 0 fully saturated rings. The molecule has 0 spiro atoms. The molecule has 0 aliphatic rings. The maximum absolute atomic E-state index is 9.54. The molecule has 0 unspecified atom stereocenters. The van der Waals surface area contributed by atoms with E-state index in [-0.39, 0.29) is 11.8 Å². The number of nitrogens with one attached hydrogen (secondary N) is 1. The molecule has 2 rings (SSSR count). The van der Waals surface area contributed by atoms with Gasteiger partial charge in [0.2, 0.25) is 0 Å². The average Bonchev–Trinajstić information content (AvgIpc) is 2.62. The zero-order chi connectivity index (χ0) is 10.1. The minimum Gasteiger partial charge on any atom is -0.506 e. The van der Waals surface area contributed by atoms with E-state index in [1.165, 1.54) is 0 Å². The maximum Gasteiger partial charge on any atom is 0.139 e. The summed E-state index contributed by atoms with van der Waals surface area (Å²) in [7, 11) is 0. The van der Waals surface area contributed by atoms with Gasteiger partial charge in [0.25, 0.3) is 0 Å². The summed E-state index contributed by atoms with van der Waals surface area (Å²) in [5, 5.41) is 10.5. The Kier molecular flexibility index (Phi) is 2.02. The smallest absolute Gasteiger partial charge is 0.139 e. The minimum absolute atomic E-state index is 0.221. The van der Waals surface area contributed by atoms with Gasteiger partial charge in [-0.15, -0.1) is 6.58 Å². The molecule has 0 amide bonds. The molecule has 1 aromatic carbocycles. The Balaban J connectivity index is 2.62. The monoisotopic (exact) mass is 188 g/mol. The number of hydrogen-bond donors (Lipinski definition) is 3. The van der Waals surface area contributed by atoms with Crippen molar-refractivity contribution in [3.8, 4) is 5.75 Å². The third-order valence-corrected chi connectivity index (χ3v) is 2.27. The summed E-state index contributed by atoms with van der Waals surface area (Å²) in [6.45, 7) is 3.62. The van der Waals surface area contributed by atoms with Crippen molar-refractivity contribution in [1.82, 2.24) is 4.98 Å². The first-order valence-corrected chi connectivity index (χ1v) is 4.41. The third kappa shape index (κ3) is 1.28. The van der Waals surface area contributed by atoms with Crippen molar-refractivity contribution < 1.29 is 5.11 Å². The van der Waals surface area contributed by atoms with Crippen LogP contribution in [-0.4, -0.2) is 10.1 Å². The van der Waals surface area contributed by atoms with Crippen LogP contribution in [0.4, 0.5) is 0 Å². The van der Waals surface area contributed by atoms with Crippen molar-refractivity contribution in [2.75, 3.05) is 0 Å². The molecule has 1 heterocycles. The van der Waals surface area contributed by atoms with E-state index >= 15 is 0 Å². The number of benzene rings is 1. The van der Waals surface area contributed by atoms with Crippen molar-refractivity contribution in [3.63, 3.8) is 0 Å². The van der Waals surface area contributed by atoms with Gasteiger partial charge in [-0.05, 0) is 12.1 Å². The van der Waals surface area contributed by atoms with Crippen LogP contribution >= 0.6 is 0 Å². The molecule has 3 heteroatoms. The molecule has 1 aromatic heterocycles. The van der Waals surface area contributed by atoms with Crippen molar-refractivity contribution in [2.24, 2.45) is 5.73 Å². The fourth-order valence-corrected chi connectivity index (χ4v) is 1.47. The first-order valence-electron chi connectivity index (χ1n) is 4.41. The third-order valence-electron chi connectivity index (χ3n) is 2.27. The van der Waals surface area contributed by atoms with Gasteiger partial charge in [-0.25, -0.2) is 0 Å². The van der Waals surface area contributed by atoms with E-state index < -0.39 is 0 Å². The predicted octanol–water partition coefficient (Wildman–Crippen LogP) is 2.06. The van der Waals surface area contributed by atoms with Crippen LogP contribution in [0.15, 0.2) is 36.9 Å². The molecule has 0 aliphatic carbocycles. The molecule has 14 heavy (non-hydrogen) atoms. The molecular formula is C11H12N2O. The first kappa shape index (κ1) is 8.84. The van der Waals surface area contributed by atoms with Crippen LogP contribution in [0, 0.1) is 0 Å². The fraction of sp³-hybridized carbons (Fsp3) is 0.0909. The Bertz CT molecular complexity index is 473. The number of rotatable bonds is 2. The highest BCUT2D eigenvalue weighted by Gasteiger charge is 2.07. The number of phenols is 1.